The van der Waals surface area contributed by atoms with Crippen LogP contribution in [0.3, 0.4) is 0 Å². The highest BCUT2D eigenvalue weighted by molar-refractivity contribution is 6.00. The van der Waals surface area contributed by atoms with E-state index in [-0.39, 0.29) is 5.91 Å². The van der Waals surface area contributed by atoms with Crippen LogP contribution in [0.25, 0.3) is 0 Å². The minimum absolute atomic E-state index is 0.162. The van der Waals surface area contributed by atoms with Crippen molar-refractivity contribution >= 4 is 11.8 Å². The van der Waals surface area contributed by atoms with E-state index in [4.69, 9.17) is 10.5 Å². The fraction of sp³-hybridized carbons (Fsp3) is 0.750. The summed E-state index contributed by atoms with van der Waals surface area (Å²) in [5, 5.41) is 0. The number of rotatable bonds is 4. The Kier molecular flexibility index (Phi) is 3.25. The first-order valence-electron chi connectivity index (χ1n) is 4.24. The molecule has 1 atom stereocenters. The summed E-state index contributed by atoms with van der Waals surface area (Å²) in [5.41, 5.74) is 5.06. The summed E-state index contributed by atoms with van der Waals surface area (Å²) in [6.45, 7) is 1.64. The van der Waals surface area contributed by atoms with Gasteiger partial charge in [-0.3, -0.25) is 9.59 Å². The number of methoxy groups -OCH3 is 1. The number of ether oxygens (including phenoxy) is 1. The molecule has 1 aliphatic heterocycles. The van der Waals surface area contributed by atoms with E-state index in [1.807, 2.05) is 0 Å². The van der Waals surface area contributed by atoms with E-state index in [9.17, 15) is 9.59 Å². The SMILES string of the molecule is COCCN1CC[C@@H](C(N)=O)C1=O. The Hall–Kier alpha value is -1.10. The van der Waals surface area contributed by atoms with Crippen molar-refractivity contribution in [2.24, 2.45) is 11.7 Å². The lowest BCUT2D eigenvalue weighted by atomic mass is 10.1. The van der Waals surface area contributed by atoms with Crippen molar-refractivity contribution in [1.82, 2.24) is 4.90 Å². The second kappa shape index (κ2) is 4.23. The number of carbonyl (C=O) groups excluding carboxylic acids is 2. The molecule has 0 radical (unpaired) electrons. The lowest BCUT2D eigenvalue weighted by Gasteiger charge is -2.14. The Morgan fingerprint density at radius 2 is 2.46 bits per heavy atom. The molecule has 0 spiro atoms. The Morgan fingerprint density at radius 3 is 2.92 bits per heavy atom. The van der Waals surface area contributed by atoms with Crippen molar-refractivity contribution in [2.45, 2.75) is 6.42 Å². The van der Waals surface area contributed by atoms with Gasteiger partial charge in [0, 0.05) is 20.2 Å². The van der Waals surface area contributed by atoms with Gasteiger partial charge in [-0.2, -0.15) is 0 Å². The monoisotopic (exact) mass is 186 g/mol. The topological polar surface area (TPSA) is 72.6 Å². The first-order chi connectivity index (χ1) is 6.16. The van der Waals surface area contributed by atoms with E-state index in [2.05, 4.69) is 0 Å². The maximum Gasteiger partial charge on any atom is 0.235 e. The van der Waals surface area contributed by atoms with Crippen LogP contribution in [0, 0.1) is 5.92 Å². The van der Waals surface area contributed by atoms with Gasteiger partial charge in [0.05, 0.1) is 6.61 Å². The van der Waals surface area contributed by atoms with Gasteiger partial charge >= 0.3 is 0 Å². The van der Waals surface area contributed by atoms with Crippen molar-refractivity contribution in [3.63, 3.8) is 0 Å². The third-order valence-electron chi connectivity index (χ3n) is 2.21. The molecular weight excluding hydrogens is 172 g/mol. The average Bonchev–Trinajstić information content (AvgIpc) is 2.43. The Labute approximate surface area is 76.8 Å². The molecule has 0 bridgehead atoms. The van der Waals surface area contributed by atoms with Crippen molar-refractivity contribution in [3.8, 4) is 0 Å². The fourth-order valence-electron chi connectivity index (χ4n) is 1.43. The van der Waals surface area contributed by atoms with Crippen LogP contribution in [0.1, 0.15) is 6.42 Å². The van der Waals surface area contributed by atoms with Crippen LogP contribution in [0.15, 0.2) is 0 Å². The van der Waals surface area contributed by atoms with E-state index in [0.29, 0.717) is 26.1 Å². The highest BCUT2D eigenvalue weighted by Gasteiger charge is 2.34. The summed E-state index contributed by atoms with van der Waals surface area (Å²) in [7, 11) is 1.58. The minimum Gasteiger partial charge on any atom is -0.383 e. The molecule has 2 amide bonds. The Morgan fingerprint density at radius 1 is 1.77 bits per heavy atom. The molecule has 2 N–H and O–H groups in total. The number of hydrogen-bond acceptors (Lipinski definition) is 3. The molecule has 1 fully saturated rings. The van der Waals surface area contributed by atoms with Crippen LogP contribution in [0.4, 0.5) is 0 Å². The van der Waals surface area contributed by atoms with Crippen LogP contribution in [0.2, 0.25) is 0 Å². The molecule has 5 nitrogen and oxygen atoms in total. The van der Waals surface area contributed by atoms with Gasteiger partial charge < -0.3 is 15.4 Å². The van der Waals surface area contributed by atoms with E-state index < -0.39 is 11.8 Å². The summed E-state index contributed by atoms with van der Waals surface area (Å²) >= 11 is 0. The number of hydrogen-bond donors (Lipinski definition) is 1. The zero-order valence-electron chi connectivity index (χ0n) is 7.66. The molecule has 13 heavy (non-hydrogen) atoms. The standard InChI is InChI=1S/C8H14N2O3/c1-13-5-4-10-3-2-6(7(9)11)8(10)12/h6H,2-5H2,1H3,(H2,9,11)/t6-/m0/s1. The summed E-state index contributed by atoms with van der Waals surface area (Å²) in [6, 6.07) is 0. The molecule has 1 aliphatic rings. The smallest absolute Gasteiger partial charge is 0.235 e. The van der Waals surface area contributed by atoms with Gasteiger partial charge in [-0.05, 0) is 6.42 Å². The van der Waals surface area contributed by atoms with Crippen molar-refractivity contribution in [3.05, 3.63) is 0 Å². The Balaban J connectivity index is 2.45. The number of primary amides is 1. The quantitative estimate of drug-likeness (QED) is 0.570. The maximum absolute atomic E-state index is 11.4. The molecule has 0 unspecified atom stereocenters. The van der Waals surface area contributed by atoms with Gasteiger partial charge in [0.2, 0.25) is 11.8 Å². The molecular formula is C8H14N2O3. The van der Waals surface area contributed by atoms with Crippen molar-refractivity contribution in [2.75, 3.05) is 26.8 Å². The molecule has 1 heterocycles. The number of nitrogens with zero attached hydrogens (tertiary/aromatic N) is 1. The largest absolute Gasteiger partial charge is 0.383 e. The lowest BCUT2D eigenvalue weighted by molar-refractivity contribution is -0.136. The molecule has 1 rings (SSSR count). The third-order valence-corrected chi connectivity index (χ3v) is 2.21. The van der Waals surface area contributed by atoms with Crippen LogP contribution in [0.5, 0.6) is 0 Å². The highest BCUT2D eigenvalue weighted by Crippen LogP contribution is 2.16. The van der Waals surface area contributed by atoms with Gasteiger partial charge in [-0.15, -0.1) is 0 Å². The van der Waals surface area contributed by atoms with Crippen LogP contribution in [-0.2, 0) is 14.3 Å². The van der Waals surface area contributed by atoms with E-state index >= 15 is 0 Å². The number of amides is 2. The summed E-state index contributed by atoms with van der Waals surface area (Å²) in [6.07, 6.45) is 0.540. The minimum atomic E-state index is -0.614. The first-order valence-corrected chi connectivity index (χ1v) is 4.24. The van der Waals surface area contributed by atoms with Gasteiger partial charge in [-0.1, -0.05) is 0 Å². The van der Waals surface area contributed by atoms with Crippen molar-refractivity contribution < 1.29 is 14.3 Å². The molecule has 74 valence electrons. The third kappa shape index (κ3) is 2.18. The normalized spacial score (nSPS) is 22.4. The molecule has 5 heteroatoms. The second-order valence-corrected chi connectivity index (χ2v) is 3.06. The Bertz CT molecular complexity index is 217. The molecule has 1 saturated heterocycles. The van der Waals surface area contributed by atoms with E-state index in [1.54, 1.807) is 12.0 Å². The van der Waals surface area contributed by atoms with Crippen LogP contribution < -0.4 is 5.73 Å². The van der Waals surface area contributed by atoms with Gasteiger partial charge in [0.15, 0.2) is 0 Å². The van der Waals surface area contributed by atoms with Crippen LogP contribution in [-0.4, -0.2) is 43.5 Å². The number of carbonyl (C=O) groups is 2. The molecule has 0 aromatic heterocycles. The van der Waals surface area contributed by atoms with Crippen molar-refractivity contribution in [1.29, 1.82) is 0 Å². The molecule has 0 saturated carbocycles. The highest BCUT2D eigenvalue weighted by atomic mass is 16.5. The first kappa shape index (κ1) is 9.98. The zero-order chi connectivity index (χ0) is 9.84. The summed E-state index contributed by atoms with van der Waals surface area (Å²) < 4.78 is 4.84. The van der Waals surface area contributed by atoms with Gasteiger partial charge in [0.1, 0.15) is 5.92 Å². The van der Waals surface area contributed by atoms with E-state index in [0.717, 1.165) is 0 Å². The average molecular weight is 186 g/mol. The predicted octanol–water partition coefficient (Wildman–Crippen LogP) is -1.03. The number of nitrogens with two attached hydrogens (primary N) is 1. The lowest BCUT2D eigenvalue weighted by Crippen LogP contribution is -2.35. The fourth-order valence-corrected chi connectivity index (χ4v) is 1.43. The number of likely N-dealkylation sites (tertiary alicyclic amines) is 1. The van der Waals surface area contributed by atoms with Gasteiger partial charge in [-0.25, -0.2) is 0 Å². The predicted molar refractivity (Wildman–Crippen MR) is 45.8 cm³/mol. The second-order valence-electron chi connectivity index (χ2n) is 3.06. The van der Waals surface area contributed by atoms with Gasteiger partial charge in [0.25, 0.3) is 0 Å². The molecule has 0 aromatic rings. The summed E-state index contributed by atoms with van der Waals surface area (Å²) in [5.74, 6) is -1.30. The van der Waals surface area contributed by atoms with Crippen LogP contribution >= 0.6 is 0 Å². The zero-order valence-corrected chi connectivity index (χ0v) is 7.66. The molecule has 0 aromatic carbocycles. The van der Waals surface area contributed by atoms with E-state index in [1.165, 1.54) is 0 Å². The summed E-state index contributed by atoms with van der Waals surface area (Å²) in [4.78, 5) is 23.8. The maximum atomic E-state index is 11.4. The molecule has 0 aliphatic carbocycles.